The third kappa shape index (κ3) is 14.0. The Bertz CT molecular complexity index is 1230. The average Bonchev–Trinajstić information content (AvgIpc) is 3.53. The molecule has 0 aromatic heterocycles. The maximum atomic E-state index is 12.0. The van der Waals surface area contributed by atoms with E-state index >= 15 is 0 Å². The largest absolute Gasteiger partial charge is 0.489 e. The van der Waals surface area contributed by atoms with E-state index in [9.17, 15) is 24.0 Å². The molecule has 254 valence electrons. The Morgan fingerprint density at radius 1 is 0.848 bits per heavy atom. The van der Waals surface area contributed by atoms with Crippen LogP contribution in [0, 0.1) is 0 Å². The molecule has 0 unspecified atom stereocenters. The molecule has 1 aromatic rings. The van der Waals surface area contributed by atoms with Gasteiger partial charge in [0.05, 0.1) is 38.5 Å². The second-order valence-electron chi connectivity index (χ2n) is 10.9. The summed E-state index contributed by atoms with van der Waals surface area (Å²) >= 11 is 0.858. The molecule has 46 heavy (non-hydrogen) atoms. The molecule has 8 N–H and O–H groups in total. The number of hydrogen-bond donors (Lipinski definition) is 7. The van der Waals surface area contributed by atoms with Crippen LogP contribution in [0.15, 0.2) is 12.1 Å². The molecule has 0 fully saturated rings. The van der Waals surface area contributed by atoms with Gasteiger partial charge in [0.2, 0.25) is 16.9 Å². The Balaban J connectivity index is 1.08. The highest BCUT2D eigenvalue weighted by atomic mass is 32.2. The van der Waals surface area contributed by atoms with Crippen LogP contribution in [0.2, 0.25) is 0 Å². The Morgan fingerprint density at radius 3 is 2.30 bits per heavy atom. The number of hydrogen-bond acceptors (Lipinski definition) is 13. The molecule has 2 amide bonds. The number of hydroxylamine groups is 1. The van der Waals surface area contributed by atoms with Crippen molar-refractivity contribution in [2.45, 2.75) is 38.5 Å². The van der Waals surface area contributed by atoms with Crippen LogP contribution in [0.5, 0.6) is 11.5 Å². The van der Waals surface area contributed by atoms with Gasteiger partial charge < -0.3 is 41.9 Å². The van der Waals surface area contributed by atoms with E-state index in [-0.39, 0.29) is 48.6 Å². The summed E-state index contributed by atoms with van der Waals surface area (Å²) in [5, 5.41) is 14.3. The molecule has 1 aromatic carbocycles. The first-order valence-corrected chi connectivity index (χ1v) is 16.8. The summed E-state index contributed by atoms with van der Waals surface area (Å²) in [4.78, 5) is 64.2. The zero-order valence-corrected chi connectivity index (χ0v) is 27.1. The molecule has 0 spiro atoms. The van der Waals surface area contributed by atoms with Crippen LogP contribution in [-0.4, -0.2) is 106 Å². The summed E-state index contributed by atoms with van der Waals surface area (Å²) in [6, 6.07) is 2.09. The minimum absolute atomic E-state index is 0.0374. The summed E-state index contributed by atoms with van der Waals surface area (Å²) in [5.74, 6) is 0.448. The summed E-state index contributed by atoms with van der Waals surface area (Å²) in [7, 11) is 0. The molecule has 0 saturated carbocycles. The SMILES string of the molecule is NCC(=O)NCC(=O)NCC(=O)SCC(=O)CNCCCNCCCCNCCCNOc1c2c(cc3c1OCC3)C=CC(=O)C2. The number of carbonyl (C=O) groups is 5. The highest BCUT2D eigenvalue weighted by molar-refractivity contribution is 8.14. The third-order valence-corrected chi connectivity index (χ3v) is 8.05. The standard InChI is InChI=1S/C31H47N7O7S/c32-17-27(41)36-19-28(42)37-20-29(43)46-21-25(40)18-35-12-3-10-33-8-1-2-9-34-11-4-13-38-45-31-26-16-24(39)6-5-22(26)15-23-7-14-44-30(23)31/h5-6,15,33-35,38H,1-4,7-14,16-21,32H2,(H,36,41)(H,37,42). The van der Waals surface area contributed by atoms with Crippen molar-refractivity contribution in [3.8, 4) is 11.5 Å². The van der Waals surface area contributed by atoms with Crippen molar-refractivity contribution in [1.82, 2.24) is 32.1 Å². The number of unbranched alkanes of at least 4 members (excludes halogenated alkanes) is 1. The molecule has 1 aliphatic carbocycles. The second kappa shape index (κ2) is 21.5. The predicted octanol–water partition coefficient (Wildman–Crippen LogP) is -1.01. The van der Waals surface area contributed by atoms with Crippen LogP contribution in [-0.2, 0) is 36.8 Å². The number of amides is 2. The summed E-state index contributed by atoms with van der Waals surface area (Å²) in [6.45, 7) is 5.09. The number of carbonyl (C=O) groups excluding carboxylic acids is 5. The minimum atomic E-state index is -0.500. The Hall–Kier alpha value is -3.34. The number of ether oxygens (including phenoxy) is 1. The first kappa shape index (κ1) is 37.1. The van der Waals surface area contributed by atoms with Crippen LogP contribution in [0.25, 0.3) is 6.08 Å². The second-order valence-corrected chi connectivity index (χ2v) is 11.9. The van der Waals surface area contributed by atoms with E-state index in [1.165, 1.54) is 0 Å². The molecule has 2 aliphatic rings. The topological polar surface area (TPSA) is 202 Å². The van der Waals surface area contributed by atoms with Crippen molar-refractivity contribution in [1.29, 1.82) is 0 Å². The number of nitrogens with one attached hydrogen (secondary N) is 6. The number of benzene rings is 1. The fourth-order valence-electron chi connectivity index (χ4n) is 4.69. The number of allylic oxidation sites excluding steroid dienone is 1. The predicted molar refractivity (Wildman–Crippen MR) is 177 cm³/mol. The Labute approximate surface area is 274 Å². The lowest BCUT2D eigenvalue weighted by Gasteiger charge is -2.18. The lowest BCUT2D eigenvalue weighted by atomic mass is 9.93. The van der Waals surface area contributed by atoms with Gasteiger partial charge in [-0.25, -0.2) is 0 Å². The van der Waals surface area contributed by atoms with Gasteiger partial charge in [0, 0.05) is 30.5 Å². The fraction of sp³-hybridized carbons (Fsp3) is 0.581. The van der Waals surface area contributed by atoms with E-state index in [2.05, 4.69) is 38.1 Å². The Morgan fingerprint density at radius 2 is 1.54 bits per heavy atom. The molecule has 0 saturated heterocycles. The van der Waals surface area contributed by atoms with Crippen molar-refractivity contribution >= 4 is 46.3 Å². The van der Waals surface area contributed by atoms with E-state index < -0.39 is 11.8 Å². The number of Topliss-reactive ketones (excluding diaryl/α,β-unsaturated/α-hetero) is 1. The van der Waals surface area contributed by atoms with Crippen molar-refractivity contribution in [2.75, 3.05) is 77.8 Å². The number of rotatable bonds is 24. The van der Waals surface area contributed by atoms with Crippen LogP contribution < -0.4 is 47.4 Å². The Kier molecular flexibility index (Phi) is 17.3. The van der Waals surface area contributed by atoms with E-state index in [1.807, 2.05) is 6.08 Å². The van der Waals surface area contributed by atoms with Crippen molar-refractivity contribution in [2.24, 2.45) is 5.73 Å². The van der Waals surface area contributed by atoms with Gasteiger partial charge in [0.1, 0.15) is 0 Å². The van der Waals surface area contributed by atoms with Gasteiger partial charge in [-0.3, -0.25) is 24.0 Å². The number of thioether (sulfide) groups is 1. The lowest BCUT2D eigenvalue weighted by molar-refractivity contribution is -0.125. The highest BCUT2D eigenvalue weighted by Gasteiger charge is 2.26. The van der Waals surface area contributed by atoms with Gasteiger partial charge in [0.25, 0.3) is 0 Å². The molecule has 14 nitrogen and oxygen atoms in total. The fourth-order valence-corrected chi connectivity index (χ4v) is 5.29. The van der Waals surface area contributed by atoms with Crippen LogP contribution in [0.1, 0.15) is 42.4 Å². The lowest BCUT2D eigenvalue weighted by Crippen LogP contribution is -2.40. The maximum absolute atomic E-state index is 12.0. The van der Waals surface area contributed by atoms with Crippen molar-refractivity contribution in [3.05, 3.63) is 28.8 Å². The van der Waals surface area contributed by atoms with E-state index in [4.69, 9.17) is 15.3 Å². The van der Waals surface area contributed by atoms with Crippen LogP contribution in [0.3, 0.4) is 0 Å². The number of ketones is 2. The number of fused-ring (bicyclic) bond motifs is 2. The highest BCUT2D eigenvalue weighted by Crippen LogP contribution is 2.42. The maximum Gasteiger partial charge on any atom is 0.239 e. The van der Waals surface area contributed by atoms with Crippen molar-refractivity contribution < 1.29 is 33.5 Å². The molecule has 15 heteroatoms. The van der Waals surface area contributed by atoms with Crippen LogP contribution in [0.4, 0.5) is 0 Å². The molecule has 0 radical (unpaired) electrons. The van der Waals surface area contributed by atoms with Gasteiger partial charge >= 0.3 is 0 Å². The normalized spacial score (nSPS) is 13.1. The molecule has 1 heterocycles. The van der Waals surface area contributed by atoms with Crippen molar-refractivity contribution in [3.63, 3.8) is 0 Å². The molecular weight excluding hydrogens is 614 g/mol. The monoisotopic (exact) mass is 661 g/mol. The van der Waals surface area contributed by atoms with Gasteiger partial charge in [-0.05, 0) is 76.1 Å². The van der Waals surface area contributed by atoms with Gasteiger partial charge in [0.15, 0.2) is 23.1 Å². The van der Waals surface area contributed by atoms with E-state index in [0.717, 1.165) is 92.5 Å². The zero-order chi connectivity index (χ0) is 33.0. The molecule has 0 bridgehead atoms. The average molecular weight is 662 g/mol. The van der Waals surface area contributed by atoms with E-state index in [1.54, 1.807) is 6.08 Å². The van der Waals surface area contributed by atoms with Gasteiger partial charge in [-0.2, -0.15) is 5.48 Å². The quantitative estimate of drug-likeness (QED) is 0.0526. The van der Waals surface area contributed by atoms with Gasteiger partial charge in [-0.1, -0.05) is 17.8 Å². The molecular formula is C31H47N7O7S. The first-order chi connectivity index (χ1) is 22.4. The minimum Gasteiger partial charge on any atom is -0.489 e. The molecule has 3 rings (SSSR count). The number of nitrogens with two attached hydrogens (primary N) is 1. The summed E-state index contributed by atoms with van der Waals surface area (Å²) < 4.78 is 5.79. The summed E-state index contributed by atoms with van der Waals surface area (Å²) in [6.07, 6.45) is 8.56. The third-order valence-electron chi connectivity index (χ3n) is 7.12. The smallest absolute Gasteiger partial charge is 0.239 e. The van der Waals surface area contributed by atoms with E-state index in [0.29, 0.717) is 31.9 Å². The first-order valence-electron chi connectivity index (χ1n) is 15.8. The molecule has 0 atom stereocenters. The zero-order valence-electron chi connectivity index (χ0n) is 26.3. The molecule has 1 aliphatic heterocycles. The van der Waals surface area contributed by atoms with Gasteiger partial charge in [-0.15, -0.1) is 0 Å². The van der Waals surface area contributed by atoms with Crippen LogP contribution >= 0.6 is 11.8 Å². The summed E-state index contributed by atoms with van der Waals surface area (Å²) in [5.41, 5.74) is 11.2.